The van der Waals surface area contributed by atoms with Crippen LogP contribution < -0.4 is 0 Å². The van der Waals surface area contributed by atoms with Crippen LogP contribution >= 0.6 is 0 Å². The van der Waals surface area contributed by atoms with Crippen molar-refractivity contribution in [2.24, 2.45) is 11.8 Å². The molecule has 0 aliphatic heterocycles. The molecule has 1 aliphatic rings. The summed E-state index contributed by atoms with van der Waals surface area (Å²) in [6.45, 7) is 6.74. The molecule has 0 aromatic carbocycles. The van der Waals surface area contributed by atoms with Crippen LogP contribution in [0, 0.1) is 11.8 Å². The Balaban J connectivity index is 2.41. The Morgan fingerprint density at radius 2 is 1.71 bits per heavy atom. The van der Waals surface area contributed by atoms with Gasteiger partial charge in [0.05, 0.1) is 6.10 Å². The monoisotopic (exact) mass is 242 g/mol. The smallest absolute Gasteiger partial charge is 0.0700 e. The lowest BCUT2D eigenvalue weighted by Gasteiger charge is -2.42. The first-order chi connectivity index (χ1) is 7.91. The number of aliphatic hydroxyl groups excluding tert-OH is 1. The first-order valence-electron chi connectivity index (χ1n) is 6.94. The molecule has 17 heavy (non-hydrogen) atoms. The van der Waals surface area contributed by atoms with Gasteiger partial charge in [0.2, 0.25) is 0 Å². The largest absolute Gasteiger partial charge is 0.391 e. The van der Waals surface area contributed by atoms with Gasteiger partial charge in [0.15, 0.2) is 0 Å². The fraction of sp³-hybridized carbons (Fsp3) is 1.00. The van der Waals surface area contributed by atoms with Gasteiger partial charge in [-0.2, -0.15) is 0 Å². The van der Waals surface area contributed by atoms with Crippen LogP contribution in [0.25, 0.3) is 0 Å². The van der Waals surface area contributed by atoms with Crippen LogP contribution in [0.3, 0.4) is 0 Å². The lowest BCUT2D eigenvalue weighted by atomic mass is 9.77. The molecule has 0 bridgehead atoms. The normalized spacial score (nSPS) is 34.6. The van der Waals surface area contributed by atoms with Crippen molar-refractivity contribution in [3.63, 3.8) is 0 Å². The zero-order valence-electron chi connectivity index (χ0n) is 12.2. The maximum atomic E-state index is 10.2. The maximum Gasteiger partial charge on any atom is 0.0700 e. The average molecular weight is 242 g/mol. The van der Waals surface area contributed by atoms with Gasteiger partial charge >= 0.3 is 0 Å². The zero-order valence-corrected chi connectivity index (χ0v) is 12.2. The minimum Gasteiger partial charge on any atom is -0.391 e. The third-order valence-corrected chi connectivity index (χ3v) is 4.02. The van der Waals surface area contributed by atoms with Crippen molar-refractivity contribution >= 4 is 0 Å². The summed E-state index contributed by atoms with van der Waals surface area (Å²) in [5.41, 5.74) is 0. The predicted molar refractivity (Wildman–Crippen MR) is 73.2 cm³/mol. The Morgan fingerprint density at radius 1 is 1.06 bits per heavy atom. The third kappa shape index (κ3) is 4.57. The van der Waals surface area contributed by atoms with E-state index in [1.165, 1.54) is 12.8 Å². The highest BCUT2D eigenvalue weighted by atomic mass is 16.3. The van der Waals surface area contributed by atoms with Gasteiger partial charge in [0, 0.05) is 6.04 Å². The number of aliphatic hydroxyl groups is 1. The Bertz CT molecular complexity index is 208. The molecule has 3 nitrogen and oxygen atoms in total. The van der Waals surface area contributed by atoms with E-state index >= 15 is 0 Å². The highest BCUT2D eigenvalue weighted by Gasteiger charge is 2.34. The van der Waals surface area contributed by atoms with Crippen LogP contribution in [0.5, 0.6) is 0 Å². The molecule has 3 heteroatoms. The molecule has 4 unspecified atom stereocenters. The van der Waals surface area contributed by atoms with Gasteiger partial charge in [-0.25, -0.2) is 0 Å². The summed E-state index contributed by atoms with van der Waals surface area (Å²) in [6.07, 6.45) is 3.25. The molecule has 0 amide bonds. The van der Waals surface area contributed by atoms with Crippen LogP contribution in [0.1, 0.15) is 33.1 Å². The fourth-order valence-electron chi connectivity index (χ4n) is 3.31. The first kappa shape index (κ1) is 14.9. The Labute approximate surface area is 107 Å². The van der Waals surface area contributed by atoms with Gasteiger partial charge in [-0.05, 0) is 65.3 Å². The van der Waals surface area contributed by atoms with Crippen molar-refractivity contribution in [1.82, 2.24) is 9.80 Å². The summed E-state index contributed by atoms with van der Waals surface area (Å²) >= 11 is 0. The maximum absolute atomic E-state index is 10.2. The molecular formula is C14H30N2O. The van der Waals surface area contributed by atoms with E-state index in [2.05, 4.69) is 44.8 Å². The van der Waals surface area contributed by atoms with E-state index in [0.29, 0.717) is 17.9 Å². The molecule has 1 N–H and O–H groups in total. The fourth-order valence-corrected chi connectivity index (χ4v) is 3.31. The molecule has 1 fully saturated rings. The summed E-state index contributed by atoms with van der Waals surface area (Å²) < 4.78 is 0. The van der Waals surface area contributed by atoms with Crippen molar-refractivity contribution < 1.29 is 5.11 Å². The van der Waals surface area contributed by atoms with E-state index in [1.54, 1.807) is 0 Å². The predicted octanol–water partition coefficient (Wildman–Crippen LogP) is 1.67. The summed E-state index contributed by atoms with van der Waals surface area (Å²) in [4.78, 5) is 4.58. The quantitative estimate of drug-likeness (QED) is 0.794. The van der Waals surface area contributed by atoms with Crippen molar-refractivity contribution in [3.8, 4) is 0 Å². The third-order valence-electron chi connectivity index (χ3n) is 4.02. The van der Waals surface area contributed by atoms with Crippen LogP contribution in [0.4, 0.5) is 0 Å². The molecule has 1 aliphatic carbocycles. The van der Waals surface area contributed by atoms with Crippen LogP contribution in [0.15, 0.2) is 0 Å². The van der Waals surface area contributed by atoms with Crippen LogP contribution in [0.2, 0.25) is 0 Å². The number of nitrogens with zero attached hydrogens (tertiary/aromatic N) is 2. The second-order valence-electron chi connectivity index (χ2n) is 6.25. The number of hydrogen-bond donors (Lipinski definition) is 1. The number of likely N-dealkylation sites (N-methyl/N-ethyl adjacent to an activating group) is 1. The van der Waals surface area contributed by atoms with Gasteiger partial charge < -0.3 is 14.9 Å². The summed E-state index contributed by atoms with van der Waals surface area (Å²) in [5, 5.41) is 10.2. The zero-order chi connectivity index (χ0) is 13.0. The van der Waals surface area contributed by atoms with Crippen molar-refractivity contribution in [3.05, 3.63) is 0 Å². The number of hydrogen-bond acceptors (Lipinski definition) is 3. The van der Waals surface area contributed by atoms with Gasteiger partial charge in [0.25, 0.3) is 0 Å². The molecule has 0 aromatic heterocycles. The SMILES string of the molecule is CC1CC(C)C(N(C)CCCN(C)C)C(O)C1. The Morgan fingerprint density at radius 3 is 2.24 bits per heavy atom. The molecule has 102 valence electrons. The van der Waals surface area contributed by atoms with E-state index in [1.807, 2.05) is 0 Å². The minimum atomic E-state index is -0.141. The van der Waals surface area contributed by atoms with E-state index in [-0.39, 0.29) is 6.10 Å². The molecule has 1 rings (SSSR count). The standard InChI is InChI=1S/C14H30N2O/c1-11-9-12(2)14(13(17)10-11)16(5)8-6-7-15(3)4/h11-14,17H,6-10H2,1-5H3. The van der Waals surface area contributed by atoms with Gasteiger partial charge in [-0.15, -0.1) is 0 Å². The van der Waals surface area contributed by atoms with Crippen molar-refractivity contribution in [1.29, 1.82) is 0 Å². The van der Waals surface area contributed by atoms with Crippen molar-refractivity contribution in [2.75, 3.05) is 34.2 Å². The second-order valence-corrected chi connectivity index (χ2v) is 6.25. The summed E-state index contributed by atoms with van der Waals surface area (Å²) in [5.74, 6) is 1.28. The first-order valence-corrected chi connectivity index (χ1v) is 6.94. The Kier molecular flexibility index (Phi) is 5.90. The van der Waals surface area contributed by atoms with Crippen LogP contribution in [-0.2, 0) is 0 Å². The van der Waals surface area contributed by atoms with Gasteiger partial charge in [-0.1, -0.05) is 13.8 Å². The van der Waals surface area contributed by atoms with E-state index in [0.717, 1.165) is 19.5 Å². The van der Waals surface area contributed by atoms with E-state index < -0.39 is 0 Å². The van der Waals surface area contributed by atoms with Gasteiger partial charge in [0.1, 0.15) is 0 Å². The van der Waals surface area contributed by atoms with Crippen LogP contribution in [-0.4, -0.2) is 61.3 Å². The molecule has 0 aromatic rings. The van der Waals surface area contributed by atoms with Crippen molar-refractivity contribution in [2.45, 2.75) is 45.3 Å². The molecular weight excluding hydrogens is 212 g/mol. The summed E-state index contributed by atoms with van der Waals surface area (Å²) in [6, 6.07) is 0.355. The second kappa shape index (κ2) is 6.72. The molecule has 0 heterocycles. The lowest BCUT2D eigenvalue weighted by molar-refractivity contribution is -0.0147. The highest BCUT2D eigenvalue weighted by Crippen LogP contribution is 2.31. The molecule has 0 saturated heterocycles. The van der Waals surface area contributed by atoms with Gasteiger partial charge in [-0.3, -0.25) is 0 Å². The highest BCUT2D eigenvalue weighted by molar-refractivity contribution is 4.88. The minimum absolute atomic E-state index is 0.141. The van der Waals surface area contributed by atoms with E-state index in [4.69, 9.17) is 0 Å². The molecule has 0 spiro atoms. The number of rotatable bonds is 5. The molecule has 4 atom stereocenters. The lowest BCUT2D eigenvalue weighted by Crippen LogP contribution is -2.50. The topological polar surface area (TPSA) is 26.7 Å². The average Bonchev–Trinajstić information content (AvgIpc) is 2.14. The summed E-state index contributed by atoms with van der Waals surface area (Å²) in [7, 11) is 6.38. The van der Waals surface area contributed by atoms with E-state index in [9.17, 15) is 5.11 Å². The Hall–Kier alpha value is -0.120. The molecule has 1 saturated carbocycles. The molecule has 0 radical (unpaired) electrons.